The quantitative estimate of drug-likeness (QED) is 0.789. The van der Waals surface area contributed by atoms with E-state index in [2.05, 4.69) is 5.10 Å². The number of anilines is 1. The first-order chi connectivity index (χ1) is 7.61. The molecular weight excluding hydrogens is 207 g/mol. The molecule has 2 N–H and O–H groups in total. The van der Waals surface area contributed by atoms with Crippen LogP contribution in [0.3, 0.4) is 0 Å². The Labute approximate surface area is 91.7 Å². The molecule has 0 saturated heterocycles. The van der Waals surface area contributed by atoms with Crippen LogP contribution >= 0.6 is 0 Å². The van der Waals surface area contributed by atoms with E-state index in [9.17, 15) is 4.39 Å². The van der Waals surface area contributed by atoms with Crippen molar-refractivity contribution in [1.29, 1.82) is 5.26 Å². The monoisotopic (exact) mass is 216 g/mol. The van der Waals surface area contributed by atoms with Gasteiger partial charge in [-0.2, -0.15) is 10.4 Å². The zero-order valence-electron chi connectivity index (χ0n) is 8.61. The number of nitriles is 1. The lowest BCUT2D eigenvalue weighted by Gasteiger charge is -2.03. The summed E-state index contributed by atoms with van der Waals surface area (Å²) in [6.07, 6.45) is 1.70. The maximum atomic E-state index is 12.9. The largest absolute Gasteiger partial charge is 0.382 e. The molecule has 0 spiro atoms. The van der Waals surface area contributed by atoms with Gasteiger partial charge in [-0.3, -0.25) is 0 Å². The lowest BCUT2D eigenvalue weighted by molar-refractivity contribution is 0.626. The van der Waals surface area contributed by atoms with Crippen molar-refractivity contribution in [1.82, 2.24) is 9.78 Å². The summed E-state index contributed by atoms with van der Waals surface area (Å²) in [5.74, 6) is -0.0506. The fourth-order valence-corrected chi connectivity index (χ4v) is 1.39. The zero-order chi connectivity index (χ0) is 11.7. The van der Waals surface area contributed by atoms with Gasteiger partial charge in [-0.25, -0.2) is 9.07 Å². The number of aryl methyl sites for hydroxylation is 1. The van der Waals surface area contributed by atoms with Crippen LogP contribution in [0.15, 0.2) is 24.4 Å². The van der Waals surface area contributed by atoms with Gasteiger partial charge in [0.15, 0.2) is 0 Å². The van der Waals surface area contributed by atoms with Crippen molar-refractivity contribution in [2.45, 2.75) is 6.92 Å². The van der Waals surface area contributed by atoms with E-state index < -0.39 is 5.82 Å². The summed E-state index contributed by atoms with van der Waals surface area (Å²) in [7, 11) is 0. The molecule has 80 valence electrons. The smallest absolute Gasteiger partial charge is 0.148 e. The number of rotatable bonds is 1. The summed E-state index contributed by atoms with van der Waals surface area (Å²) in [6, 6.07) is 5.87. The van der Waals surface area contributed by atoms with Gasteiger partial charge in [0.1, 0.15) is 17.7 Å². The lowest BCUT2D eigenvalue weighted by Crippen LogP contribution is -1.99. The number of halogens is 1. The van der Waals surface area contributed by atoms with Crippen LogP contribution in [0, 0.1) is 24.1 Å². The van der Waals surface area contributed by atoms with Gasteiger partial charge in [0.2, 0.25) is 0 Å². The summed E-state index contributed by atoms with van der Waals surface area (Å²) >= 11 is 0. The fourth-order valence-electron chi connectivity index (χ4n) is 1.39. The second-order valence-corrected chi connectivity index (χ2v) is 3.42. The highest BCUT2D eigenvalue weighted by atomic mass is 19.1. The predicted octanol–water partition coefficient (Wildman–Crippen LogP) is 1.77. The highest BCUT2D eigenvalue weighted by Crippen LogP contribution is 2.17. The van der Waals surface area contributed by atoms with E-state index in [0.717, 1.165) is 5.56 Å². The molecule has 1 heterocycles. The van der Waals surface area contributed by atoms with Gasteiger partial charge >= 0.3 is 0 Å². The van der Waals surface area contributed by atoms with Crippen molar-refractivity contribution in [2.24, 2.45) is 0 Å². The molecule has 0 aliphatic heterocycles. The molecule has 16 heavy (non-hydrogen) atoms. The maximum absolute atomic E-state index is 12.9. The number of benzene rings is 1. The van der Waals surface area contributed by atoms with Crippen LogP contribution < -0.4 is 5.73 Å². The highest BCUT2D eigenvalue weighted by Gasteiger charge is 2.08. The van der Waals surface area contributed by atoms with E-state index in [0.29, 0.717) is 11.5 Å². The SMILES string of the molecule is Cc1cn(-c2ccc(F)cc2C#N)nc1N. The minimum Gasteiger partial charge on any atom is -0.382 e. The Morgan fingerprint density at radius 3 is 2.81 bits per heavy atom. The molecule has 2 rings (SSSR count). The number of nitrogen functional groups attached to an aromatic ring is 1. The second kappa shape index (κ2) is 3.66. The number of hydrogen-bond acceptors (Lipinski definition) is 3. The average molecular weight is 216 g/mol. The molecule has 2 aromatic rings. The average Bonchev–Trinajstić information content (AvgIpc) is 2.59. The molecule has 0 saturated carbocycles. The molecule has 0 radical (unpaired) electrons. The summed E-state index contributed by atoms with van der Waals surface area (Å²) < 4.78 is 14.4. The Kier molecular flexibility index (Phi) is 2.33. The molecule has 1 aromatic carbocycles. The van der Waals surface area contributed by atoms with E-state index in [1.807, 2.05) is 13.0 Å². The predicted molar refractivity (Wildman–Crippen MR) is 57.4 cm³/mol. The summed E-state index contributed by atoms with van der Waals surface area (Å²) in [6.45, 7) is 1.81. The van der Waals surface area contributed by atoms with Crippen molar-refractivity contribution in [2.75, 3.05) is 5.73 Å². The minimum atomic E-state index is -0.447. The molecule has 0 aliphatic carbocycles. The standard InChI is InChI=1S/C11H9FN4/c1-7-6-16(15-11(7)14)10-3-2-9(12)4-8(10)5-13/h2-4,6H,1H3,(H2,14,15). The van der Waals surface area contributed by atoms with E-state index in [1.54, 1.807) is 6.20 Å². The Hall–Kier alpha value is -2.35. The van der Waals surface area contributed by atoms with Gasteiger partial charge in [-0.05, 0) is 25.1 Å². The Bertz CT molecular complexity index is 561. The number of hydrogen-bond donors (Lipinski definition) is 1. The molecule has 0 fully saturated rings. The Morgan fingerprint density at radius 1 is 1.50 bits per heavy atom. The zero-order valence-corrected chi connectivity index (χ0v) is 8.61. The van der Waals surface area contributed by atoms with E-state index in [4.69, 9.17) is 11.0 Å². The van der Waals surface area contributed by atoms with E-state index in [-0.39, 0.29) is 5.56 Å². The van der Waals surface area contributed by atoms with Crippen molar-refractivity contribution in [3.63, 3.8) is 0 Å². The van der Waals surface area contributed by atoms with Crippen LogP contribution in [0.1, 0.15) is 11.1 Å². The lowest BCUT2D eigenvalue weighted by atomic mass is 10.2. The fraction of sp³-hybridized carbons (Fsp3) is 0.0909. The molecule has 0 bridgehead atoms. The summed E-state index contributed by atoms with van der Waals surface area (Å²) in [4.78, 5) is 0. The first kappa shape index (κ1) is 10.2. The van der Waals surface area contributed by atoms with Crippen LogP contribution in [0.5, 0.6) is 0 Å². The van der Waals surface area contributed by atoms with Crippen molar-refractivity contribution in [3.8, 4) is 11.8 Å². The summed E-state index contributed by atoms with van der Waals surface area (Å²) in [5.41, 5.74) is 7.17. The summed E-state index contributed by atoms with van der Waals surface area (Å²) in [5, 5.41) is 12.9. The van der Waals surface area contributed by atoms with E-state index in [1.165, 1.54) is 22.9 Å². The molecule has 0 aliphatic rings. The molecule has 0 amide bonds. The van der Waals surface area contributed by atoms with Crippen molar-refractivity contribution >= 4 is 5.82 Å². The second-order valence-electron chi connectivity index (χ2n) is 3.42. The molecule has 0 unspecified atom stereocenters. The highest BCUT2D eigenvalue weighted by molar-refractivity contribution is 5.50. The third-order valence-electron chi connectivity index (χ3n) is 2.26. The van der Waals surface area contributed by atoms with Crippen LogP contribution in [0.2, 0.25) is 0 Å². The van der Waals surface area contributed by atoms with E-state index >= 15 is 0 Å². The van der Waals surface area contributed by atoms with Crippen LogP contribution in [-0.2, 0) is 0 Å². The maximum Gasteiger partial charge on any atom is 0.148 e. The van der Waals surface area contributed by atoms with Gasteiger partial charge in [-0.15, -0.1) is 0 Å². The van der Waals surface area contributed by atoms with Crippen LogP contribution in [-0.4, -0.2) is 9.78 Å². The topological polar surface area (TPSA) is 67.6 Å². The molecular formula is C11H9FN4. The van der Waals surface area contributed by atoms with Gasteiger partial charge in [0.25, 0.3) is 0 Å². The Balaban J connectivity index is 2.60. The third kappa shape index (κ3) is 1.61. The normalized spacial score (nSPS) is 10.1. The van der Waals surface area contributed by atoms with Crippen LogP contribution in [0.25, 0.3) is 5.69 Å². The number of aromatic nitrogens is 2. The molecule has 1 aromatic heterocycles. The first-order valence-corrected chi connectivity index (χ1v) is 4.63. The third-order valence-corrected chi connectivity index (χ3v) is 2.26. The Morgan fingerprint density at radius 2 is 2.25 bits per heavy atom. The molecule has 5 heteroatoms. The van der Waals surface area contributed by atoms with Crippen LogP contribution in [0.4, 0.5) is 10.2 Å². The van der Waals surface area contributed by atoms with Gasteiger partial charge in [0, 0.05) is 11.8 Å². The first-order valence-electron chi connectivity index (χ1n) is 4.63. The van der Waals surface area contributed by atoms with Gasteiger partial charge in [-0.1, -0.05) is 0 Å². The number of nitrogens with two attached hydrogens (primary N) is 1. The van der Waals surface area contributed by atoms with Gasteiger partial charge < -0.3 is 5.73 Å². The molecule has 0 atom stereocenters. The van der Waals surface area contributed by atoms with Crippen molar-refractivity contribution < 1.29 is 4.39 Å². The van der Waals surface area contributed by atoms with Gasteiger partial charge in [0.05, 0.1) is 11.3 Å². The van der Waals surface area contributed by atoms with Crippen molar-refractivity contribution in [3.05, 3.63) is 41.3 Å². The molecule has 4 nitrogen and oxygen atoms in total. The number of nitrogens with zero attached hydrogens (tertiary/aromatic N) is 3. The minimum absolute atomic E-state index is 0.225.